The van der Waals surface area contributed by atoms with Crippen LogP contribution < -0.4 is 0 Å². The van der Waals surface area contributed by atoms with Crippen LogP contribution in [0, 0.1) is 5.82 Å². The van der Waals surface area contributed by atoms with Gasteiger partial charge >= 0.3 is 5.97 Å². The fraction of sp³-hybridized carbons (Fsp3) is 0.125. The van der Waals surface area contributed by atoms with Crippen LogP contribution in [0.5, 0.6) is 0 Å². The number of carbonyl (C=O) groups excluding carboxylic acids is 1. The van der Waals surface area contributed by atoms with E-state index in [9.17, 15) is 9.18 Å². The van der Waals surface area contributed by atoms with Crippen LogP contribution in [0.1, 0.15) is 10.4 Å². The van der Waals surface area contributed by atoms with Gasteiger partial charge in [0.25, 0.3) is 0 Å². The van der Waals surface area contributed by atoms with Crippen LogP contribution in [0.2, 0.25) is 5.02 Å². The second-order valence-electron chi connectivity index (χ2n) is 2.28. The van der Waals surface area contributed by atoms with Gasteiger partial charge in [-0.05, 0) is 12.1 Å². The molecule has 70 valence electrons. The third-order valence-electron chi connectivity index (χ3n) is 1.42. The lowest BCUT2D eigenvalue weighted by Gasteiger charge is -2.03. The molecule has 0 aliphatic rings. The summed E-state index contributed by atoms with van der Waals surface area (Å²) in [6.07, 6.45) is 0. The van der Waals surface area contributed by atoms with Crippen molar-refractivity contribution >= 4 is 30.2 Å². The molecule has 0 bridgehead atoms. The Balaban J connectivity index is 3.28. The molecule has 2 nitrogen and oxygen atoms in total. The van der Waals surface area contributed by atoms with Crippen LogP contribution in [0.15, 0.2) is 17.0 Å². The van der Waals surface area contributed by atoms with Gasteiger partial charge in [0.15, 0.2) is 5.82 Å². The third-order valence-corrected chi connectivity index (χ3v) is 1.97. The van der Waals surface area contributed by atoms with Gasteiger partial charge in [-0.2, -0.15) is 0 Å². The van der Waals surface area contributed by atoms with Gasteiger partial charge in [-0.1, -0.05) is 11.6 Å². The molecule has 0 radical (unpaired) electrons. The van der Waals surface area contributed by atoms with Crippen molar-refractivity contribution in [3.05, 3.63) is 28.5 Å². The third kappa shape index (κ3) is 2.14. The molecule has 0 spiro atoms. The first kappa shape index (κ1) is 10.3. The summed E-state index contributed by atoms with van der Waals surface area (Å²) in [5.41, 5.74) is -0.208. The molecule has 0 unspecified atom stereocenters. The number of methoxy groups -OCH3 is 1. The van der Waals surface area contributed by atoms with Crippen molar-refractivity contribution in [2.24, 2.45) is 0 Å². The van der Waals surface area contributed by atoms with Crippen LogP contribution in [-0.4, -0.2) is 13.1 Å². The lowest BCUT2D eigenvalue weighted by molar-refractivity contribution is 0.0595. The van der Waals surface area contributed by atoms with Crippen LogP contribution in [0.3, 0.4) is 0 Å². The van der Waals surface area contributed by atoms with Crippen molar-refractivity contribution in [2.75, 3.05) is 7.11 Å². The predicted octanol–water partition coefficient (Wildman–Crippen LogP) is 2.55. The molecule has 0 atom stereocenters. The van der Waals surface area contributed by atoms with E-state index in [1.807, 2.05) is 0 Å². The average molecular weight is 221 g/mol. The van der Waals surface area contributed by atoms with Gasteiger partial charge in [-0.3, -0.25) is 0 Å². The Labute approximate surface area is 85.1 Å². The number of hydrogen-bond donors (Lipinski definition) is 1. The first-order valence-corrected chi connectivity index (χ1v) is 4.15. The van der Waals surface area contributed by atoms with E-state index in [2.05, 4.69) is 17.4 Å². The fourth-order valence-corrected chi connectivity index (χ4v) is 1.39. The van der Waals surface area contributed by atoms with Gasteiger partial charge in [0, 0.05) is 9.92 Å². The maximum absolute atomic E-state index is 13.2. The van der Waals surface area contributed by atoms with Gasteiger partial charge in [0.05, 0.1) is 12.7 Å². The summed E-state index contributed by atoms with van der Waals surface area (Å²) in [4.78, 5) is 11.0. The molecule has 1 aromatic carbocycles. The smallest absolute Gasteiger partial charge is 0.340 e. The Bertz CT molecular complexity index is 354. The first-order chi connectivity index (χ1) is 6.06. The molecule has 0 heterocycles. The van der Waals surface area contributed by atoms with Crippen molar-refractivity contribution in [1.82, 2.24) is 0 Å². The highest BCUT2D eigenvalue weighted by molar-refractivity contribution is 7.80. The van der Waals surface area contributed by atoms with Crippen LogP contribution >= 0.6 is 24.2 Å². The van der Waals surface area contributed by atoms with Crippen molar-refractivity contribution in [3.8, 4) is 0 Å². The van der Waals surface area contributed by atoms with Crippen molar-refractivity contribution < 1.29 is 13.9 Å². The molecule has 0 aliphatic heterocycles. The Kier molecular flexibility index (Phi) is 3.17. The molecule has 13 heavy (non-hydrogen) atoms. The molecule has 1 aromatic rings. The summed E-state index contributed by atoms with van der Waals surface area (Å²) in [5, 5.41) is 0.242. The lowest BCUT2D eigenvalue weighted by atomic mass is 10.2. The minimum absolute atomic E-state index is 0.0212. The Morgan fingerprint density at radius 2 is 2.23 bits per heavy atom. The Morgan fingerprint density at radius 3 is 2.77 bits per heavy atom. The van der Waals surface area contributed by atoms with E-state index in [-0.39, 0.29) is 15.5 Å². The molecule has 1 rings (SSSR count). The molecule has 0 aromatic heterocycles. The summed E-state index contributed by atoms with van der Waals surface area (Å²) >= 11 is 9.40. The molecule has 0 fully saturated rings. The highest BCUT2D eigenvalue weighted by Gasteiger charge is 2.15. The quantitative estimate of drug-likeness (QED) is 0.582. The van der Waals surface area contributed by atoms with E-state index in [0.717, 1.165) is 0 Å². The van der Waals surface area contributed by atoms with Crippen molar-refractivity contribution in [3.63, 3.8) is 0 Å². The normalized spacial score (nSPS) is 9.85. The number of benzene rings is 1. The van der Waals surface area contributed by atoms with E-state index in [1.165, 1.54) is 19.2 Å². The number of halogens is 2. The molecule has 0 N–H and O–H groups in total. The van der Waals surface area contributed by atoms with E-state index < -0.39 is 11.8 Å². The molecule has 0 saturated carbocycles. The second kappa shape index (κ2) is 3.98. The highest BCUT2D eigenvalue weighted by Crippen LogP contribution is 2.22. The zero-order chi connectivity index (χ0) is 10.0. The average Bonchev–Trinajstić information content (AvgIpc) is 2.10. The van der Waals surface area contributed by atoms with E-state index in [1.54, 1.807) is 0 Å². The Hall–Kier alpha value is -0.740. The monoisotopic (exact) mass is 220 g/mol. The number of hydrogen-bond acceptors (Lipinski definition) is 3. The minimum atomic E-state index is -0.768. The van der Waals surface area contributed by atoms with Crippen LogP contribution in [0.25, 0.3) is 0 Å². The largest absolute Gasteiger partial charge is 0.465 e. The topological polar surface area (TPSA) is 26.3 Å². The molecule has 0 amide bonds. The lowest BCUT2D eigenvalue weighted by Crippen LogP contribution is -2.04. The van der Waals surface area contributed by atoms with Gasteiger partial charge < -0.3 is 4.74 Å². The maximum Gasteiger partial charge on any atom is 0.340 e. The van der Waals surface area contributed by atoms with Gasteiger partial charge in [0.1, 0.15) is 0 Å². The molecule has 0 saturated heterocycles. The second-order valence-corrected chi connectivity index (χ2v) is 3.20. The molecular formula is C8H6ClFO2S. The molecular weight excluding hydrogens is 215 g/mol. The zero-order valence-corrected chi connectivity index (χ0v) is 8.32. The van der Waals surface area contributed by atoms with Gasteiger partial charge in [-0.25, -0.2) is 9.18 Å². The summed E-state index contributed by atoms with van der Waals surface area (Å²) in [6, 6.07) is 2.51. The van der Waals surface area contributed by atoms with Crippen molar-refractivity contribution in [2.45, 2.75) is 4.90 Å². The number of thiol groups is 1. The predicted molar refractivity (Wildman–Crippen MR) is 50.0 cm³/mol. The number of esters is 1. The SMILES string of the molecule is COC(=O)c1cc(Cl)cc(S)c1F. The summed E-state index contributed by atoms with van der Waals surface area (Å²) in [7, 11) is 1.17. The standard InChI is InChI=1S/C8H6ClFO2S/c1-12-8(11)5-2-4(9)3-6(13)7(5)10/h2-3,13H,1H3. The van der Waals surface area contributed by atoms with Crippen LogP contribution in [-0.2, 0) is 4.74 Å². The van der Waals surface area contributed by atoms with E-state index >= 15 is 0 Å². The zero-order valence-electron chi connectivity index (χ0n) is 6.67. The van der Waals surface area contributed by atoms with Gasteiger partial charge in [0.2, 0.25) is 0 Å². The molecule has 5 heteroatoms. The van der Waals surface area contributed by atoms with Crippen molar-refractivity contribution in [1.29, 1.82) is 0 Å². The minimum Gasteiger partial charge on any atom is -0.465 e. The van der Waals surface area contributed by atoms with E-state index in [4.69, 9.17) is 11.6 Å². The summed E-state index contributed by atoms with van der Waals surface area (Å²) < 4.78 is 17.5. The van der Waals surface area contributed by atoms with Gasteiger partial charge in [-0.15, -0.1) is 12.6 Å². The summed E-state index contributed by atoms with van der Waals surface area (Å²) in [6.45, 7) is 0. The number of carbonyl (C=O) groups is 1. The first-order valence-electron chi connectivity index (χ1n) is 3.32. The highest BCUT2D eigenvalue weighted by atomic mass is 35.5. The maximum atomic E-state index is 13.2. The summed E-state index contributed by atoms with van der Waals surface area (Å²) in [5.74, 6) is -1.49. The Morgan fingerprint density at radius 1 is 1.62 bits per heavy atom. The van der Waals surface area contributed by atoms with Crippen LogP contribution in [0.4, 0.5) is 4.39 Å². The number of rotatable bonds is 1. The fourth-order valence-electron chi connectivity index (χ4n) is 0.833. The number of ether oxygens (including phenoxy) is 1. The molecule has 0 aliphatic carbocycles. The van der Waals surface area contributed by atoms with E-state index in [0.29, 0.717) is 0 Å².